The van der Waals surface area contributed by atoms with E-state index in [4.69, 9.17) is 16.7 Å². The maximum atomic E-state index is 13.0. The Balaban J connectivity index is 2.40. The van der Waals surface area contributed by atoms with Crippen molar-refractivity contribution in [3.8, 4) is 5.69 Å². The van der Waals surface area contributed by atoms with E-state index in [-0.39, 0.29) is 11.6 Å². The van der Waals surface area contributed by atoms with E-state index in [1.807, 2.05) is 0 Å². The summed E-state index contributed by atoms with van der Waals surface area (Å²) in [5.41, 5.74) is 0.843. The number of hydrogen-bond donors (Lipinski definition) is 1. The molecule has 0 aliphatic carbocycles. The van der Waals surface area contributed by atoms with Crippen LogP contribution in [0.1, 0.15) is 5.56 Å². The molecule has 2 aromatic rings. The predicted molar refractivity (Wildman–Crippen MR) is 59.9 cm³/mol. The molecule has 0 atom stereocenters. The van der Waals surface area contributed by atoms with Gasteiger partial charge in [0.2, 0.25) is 0 Å². The maximum Gasteiger partial charge on any atom is 0.307 e. The average molecular weight is 255 g/mol. The largest absolute Gasteiger partial charge is 0.481 e. The second-order valence-electron chi connectivity index (χ2n) is 3.42. The van der Waals surface area contributed by atoms with Crippen LogP contribution in [0.5, 0.6) is 0 Å². The summed E-state index contributed by atoms with van der Waals surface area (Å²) in [6.45, 7) is 0. The zero-order valence-corrected chi connectivity index (χ0v) is 9.36. The molecule has 0 saturated heterocycles. The number of aliphatic carboxylic acids is 1. The third-order valence-electron chi connectivity index (χ3n) is 2.17. The van der Waals surface area contributed by atoms with Crippen molar-refractivity contribution in [2.75, 3.05) is 0 Å². The Morgan fingerprint density at radius 1 is 1.53 bits per heavy atom. The smallest absolute Gasteiger partial charge is 0.307 e. The molecule has 17 heavy (non-hydrogen) atoms. The van der Waals surface area contributed by atoms with Crippen LogP contribution in [-0.2, 0) is 11.2 Å². The van der Waals surface area contributed by atoms with Gasteiger partial charge in [-0.1, -0.05) is 17.7 Å². The van der Waals surface area contributed by atoms with E-state index in [9.17, 15) is 9.18 Å². The van der Waals surface area contributed by atoms with Crippen LogP contribution in [0.3, 0.4) is 0 Å². The van der Waals surface area contributed by atoms with Crippen molar-refractivity contribution in [3.63, 3.8) is 0 Å². The van der Waals surface area contributed by atoms with Crippen LogP contribution in [0.4, 0.5) is 4.39 Å². The third-order valence-corrected chi connectivity index (χ3v) is 2.58. The number of rotatable bonds is 3. The summed E-state index contributed by atoms with van der Waals surface area (Å²) in [4.78, 5) is 10.6. The van der Waals surface area contributed by atoms with Gasteiger partial charge >= 0.3 is 5.97 Å². The quantitative estimate of drug-likeness (QED) is 0.914. The number of carboxylic acid groups (broad SMARTS) is 1. The van der Waals surface area contributed by atoms with Gasteiger partial charge in [0, 0.05) is 5.56 Å². The average Bonchev–Trinajstić information content (AvgIpc) is 2.60. The van der Waals surface area contributed by atoms with Gasteiger partial charge in [0.1, 0.15) is 11.0 Å². The fourth-order valence-corrected chi connectivity index (χ4v) is 1.69. The van der Waals surface area contributed by atoms with Crippen LogP contribution in [-0.4, -0.2) is 20.9 Å². The molecule has 0 radical (unpaired) electrons. The number of carbonyl (C=O) groups is 1. The van der Waals surface area contributed by atoms with Crippen LogP contribution in [0, 0.1) is 5.82 Å². The van der Waals surface area contributed by atoms with Gasteiger partial charge in [0.15, 0.2) is 0 Å². The zero-order valence-electron chi connectivity index (χ0n) is 8.60. The van der Waals surface area contributed by atoms with Crippen molar-refractivity contribution in [1.29, 1.82) is 0 Å². The summed E-state index contributed by atoms with van der Waals surface area (Å²) in [7, 11) is 0. The highest BCUT2D eigenvalue weighted by atomic mass is 35.5. The van der Waals surface area contributed by atoms with Crippen LogP contribution in [0.15, 0.2) is 30.5 Å². The first-order valence-corrected chi connectivity index (χ1v) is 5.16. The van der Waals surface area contributed by atoms with Crippen molar-refractivity contribution in [2.24, 2.45) is 0 Å². The van der Waals surface area contributed by atoms with Gasteiger partial charge in [-0.3, -0.25) is 4.79 Å². The Labute approximate surface area is 101 Å². The summed E-state index contributed by atoms with van der Waals surface area (Å²) < 4.78 is 14.3. The Bertz CT molecular complexity index is 568. The summed E-state index contributed by atoms with van der Waals surface area (Å²) in [5, 5.41) is 12.8. The molecule has 0 spiro atoms. The van der Waals surface area contributed by atoms with Gasteiger partial charge in [-0.2, -0.15) is 5.10 Å². The van der Waals surface area contributed by atoms with E-state index < -0.39 is 11.8 Å². The number of carboxylic acids is 1. The minimum absolute atomic E-state index is 0.179. The summed E-state index contributed by atoms with van der Waals surface area (Å²) in [6.07, 6.45) is 1.15. The molecule has 1 N–H and O–H groups in total. The molecule has 0 unspecified atom stereocenters. The minimum atomic E-state index is -0.995. The van der Waals surface area contributed by atoms with E-state index >= 15 is 0 Å². The van der Waals surface area contributed by atoms with Crippen LogP contribution in [0.25, 0.3) is 5.69 Å². The first kappa shape index (κ1) is 11.6. The number of benzene rings is 1. The van der Waals surface area contributed by atoms with E-state index in [0.717, 1.165) is 0 Å². The lowest BCUT2D eigenvalue weighted by molar-refractivity contribution is -0.136. The maximum absolute atomic E-state index is 13.0. The van der Waals surface area contributed by atoms with Crippen molar-refractivity contribution in [2.45, 2.75) is 6.42 Å². The SMILES string of the molecule is O=C(O)Cc1cnn(-c2cccc(F)c2)c1Cl. The fourth-order valence-electron chi connectivity index (χ4n) is 1.44. The third kappa shape index (κ3) is 2.45. The topological polar surface area (TPSA) is 55.1 Å². The lowest BCUT2D eigenvalue weighted by Gasteiger charge is -2.03. The Kier molecular flexibility index (Phi) is 3.10. The van der Waals surface area contributed by atoms with Gasteiger partial charge in [-0.15, -0.1) is 0 Å². The lowest BCUT2D eigenvalue weighted by atomic mass is 10.2. The normalized spacial score (nSPS) is 10.5. The van der Waals surface area contributed by atoms with Crippen LogP contribution < -0.4 is 0 Å². The van der Waals surface area contributed by atoms with E-state index in [2.05, 4.69) is 5.10 Å². The molecule has 0 fully saturated rings. The molecule has 1 aromatic carbocycles. The number of nitrogens with zero attached hydrogens (tertiary/aromatic N) is 2. The molecular formula is C11H8ClFN2O2. The van der Waals surface area contributed by atoms with E-state index in [1.165, 1.54) is 29.1 Å². The van der Waals surface area contributed by atoms with Crippen LogP contribution >= 0.6 is 11.6 Å². The Morgan fingerprint density at radius 2 is 2.29 bits per heavy atom. The molecule has 2 rings (SSSR count). The monoisotopic (exact) mass is 254 g/mol. The molecule has 0 bridgehead atoms. The molecule has 88 valence electrons. The van der Waals surface area contributed by atoms with Gasteiger partial charge in [0.25, 0.3) is 0 Å². The molecule has 1 heterocycles. The highest BCUT2D eigenvalue weighted by Crippen LogP contribution is 2.20. The second-order valence-corrected chi connectivity index (χ2v) is 3.78. The fraction of sp³-hybridized carbons (Fsp3) is 0.0909. The highest BCUT2D eigenvalue weighted by Gasteiger charge is 2.12. The summed E-state index contributed by atoms with van der Waals surface area (Å²) in [5.74, 6) is -1.40. The number of halogens is 2. The molecule has 0 aliphatic rings. The molecule has 4 nitrogen and oxygen atoms in total. The molecular weight excluding hydrogens is 247 g/mol. The van der Waals surface area contributed by atoms with Crippen molar-refractivity contribution < 1.29 is 14.3 Å². The van der Waals surface area contributed by atoms with Crippen LogP contribution in [0.2, 0.25) is 5.15 Å². The first-order valence-electron chi connectivity index (χ1n) is 4.78. The lowest BCUT2D eigenvalue weighted by Crippen LogP contribution is -2.01. The standard InChI is InChI=1S/C11H8ClFN2O2/c12-11-7(4-10(16)17)6-14-15(11)9-3-1-2-8(13)5-9/h1-3,5-6H,4H2,(H,16,17). The number of hydrogen-bond acceptors (Lipinski definition) is 2. The number of aromatic nitrogens is 2. The van der Waals surface area contributed by atoms with E-state index in [1.54, 1.807) is 6.07 Å². The van der Waals surface area contributed by atoms with Gasteiger partial charge in [-0.25, -0.2) is 9.07 Å². The molecule has 0 amide bonds. The van der Waals surface area contributed by atoms with E-state index in [0.29, 0.717) is 11.3 Å². The van der Waals surface area contributed by atoms with Gasteiger partial charge in [-0.05, 0) is 18.2 Å². The Hall–Kier alpha value is -1.88. The molecule has 1 aromatic heterocycles. The predicted octanol–water partition coefficient (Wildman–Crippen LogP) is 2.29. The highest BCUT2D eigenvalue weighted by molar-refractivity contribution is 6.30. The van der Waals surface area contributed by atoms with Crippen molar-refractivity contribution in [3.05, 3.63) is 47.0 Å². The summed E-state index contributed by atoms with van der Waals surface area (Å²) >= 11 is 5.97. The minimum Gasteiger partial charge on any atom is -0.481 e. The van der Waals surface area contributed by atoms with Crippen molar-refractivity contribution in [1.82, 2.24) is 9.78 Å². The van der Waals surface area contributed by atoms with Crippen molar-refractivity contribution >= 4 is 17.6 Å². The first-order chi connectivity index (χ1) is 8.08. The van der Waals surface area contributed by atoms with Gasteiger partial charge in [0.05, 0.1) is 18.3 Å². The second kappa shape index (κ2) is 4.55. The summed E-state index contributed by atoms with van der Waals surface area (Å²) in [6, 6.07) is 5.73. The Morgan fingerprint density at radius 3 is 2.94 bits per heavy atom. The van der Waals surface area contributed by atoms with Gasteiger partial charge < -0.3 is 5.11 Å². The zero-order chi connectivity index (χ0) is 12.4. The molecule has 0 saturated carbocycles. The molecule has 6 heteroatoms. The molecule has 0 aliphatic heterocycles.